The molecule has 0 spiro atoms. The molecule has 0 radical (unpaired) electrons. The van der Waals surface area contributed by atoms with Crippen LogP contribution in [0, 0.1) is 0 Å². The average Bonchev–Trinajstić information content (AvgIpc) is 3.41. The van der Waals surface area contributed by atoms with E-state index in [-0.39, 0.29) is 29.4 Å². The minimum Gasteiger partial charge on any atom is -0.508 e. The lowest BCUT2D eigenvalue weighted by molar-refractivity contribution is -0.126. The Bertz CT molecular complexity index is 969. The molecule has 0 bridgehead atoms. The number of benzene rings is 2. The van der Waals surface area contributed by atoms with Gasteiger partial charge >= 0.3 is 0 Å². The Morgan fingerprint density at radius 2 is 1.19 bits per heavy atom. The van der Waals surface area contributed by atoms with Crippen LogP contribution in [-0.4, -0.2) is 58.7 Å². The molecule has 8 nitrogen and oxygen atoms in total. The summed E-state index contributed by atoms with van der Waals surface area (Å²) in [5, 5.41) is 9.06. The Hall–Kier alpha value is -3.68. The van der Waals surface area contributed by atoms with Crippen molar-refractivity contribution in [1.82, 2.24) is 9.80 Å². The van der Waals surface area contributed by atoms with Gasteiger partial charge in [-0.05, 0) is 61.4 Å². The van der Waals surface area contributed by atoms with Crippen LogP contribution in [0.3, 0.4) is 0 Å². The lowest BCUT2D eigenvalue weighted by Gasteiger charge is -2.13. The lowest BCUT2D eigenvalue weighted by atomic mass is 10.2. The van der Waals surface area contributed by atoms with Crippen molar-refractivity contribution in [3.63, 3.8) is 0 Å². The molecule has 1 N–H and O–H groups in total. The maximum Gasteiger partial charge on any atom is 0.260 e. The quantitative estimate of drug-likeness (QED) is 0.760. The molecule has 2 heterocycles. The Morgan fingerprint density at radius 1 is 0.774 bits per heavy atom. The molecule has 0 aliphatic carbocycles. The van der Waals surface area contributed by atoms with Crippen LogP contribution in [0.25, 0.3) is 0 Å². The molecule has 2 aromatic carbocycles. The average molecular weight is 424 g/mol. The van der Waals surface area contributed by atoms with Crippen molar-refractivity contribution in [2.45, 2.75) is 25.7 Å². The van der Waals surface area contributed by atoms with Crippen LogP contribution in [-0.2, 0) is 9.59 Å². The SMILES string of the molecule is COc1ccc(C(=O)N2CCCC2=O)cc1.O=C1CCCN1C(=O)c1ccc(O)cc1. The van der Waals surface area contributed by atoms with Crippen molar-refractivity contribution in [2.24, 2.45) is 0 Å². The van der Waals surface area contributed by atoms with Gasteiger partial charge in [-0.25, -0.2) is 0 Å². The molecule has 0 atom stereocenters. The summed E-state index contributed by atoms with van der Waals surface area (Å²) >= 11 is 0. The fourth-order valence-electron chi connectivity index (χ4n) is 3.37. The summed E-state index contributed by atoms with van der Waals surface area (Å²) in [4.78, 5) is 49.0. The van der Waals surface area contributed by atoms with Gasteiger partial charge in [0, 0.05) is 37.1 Å². The molecule has 2 fully saturated rings. The van der Waals surface area contributed by atoms with Crippen LogP contribution in [0.1, 0.15) is 46.4 Å². The molecule has 31 heavy (non-hydrogen) atoms. The molecule has 2 aliphatic rings. The first kappa shape index (κ1) is 22.0. The fourth-order valence-corrected chi connectivity index (χ4v) is 3.37. The van der Waals surface area contributed by atoms with Gasteiger partial charge in [-0.2, -0.15) is 0 Å². The fraction of sp³-hybridized carbons (Fsp3) is 0.304. The molecule has 0 unspecified atom stereocenters. The van der Waals surface area contributed by atoms with E-state index in [2.05, 4.69) is 0 Å². The first-order chi connectivity index (χ1) is 14.9. The zero-order valence-corrected chi connectivity index (χ0v) is 17.2. The van der Waals surface area contributed by atoms with Crippen molar-refractivity contribution in [1.29, 1.82) is 0 Å². The number of aromatic hydroxyl groups is 1. The number of phenolic OH excluding ortho intramolecular Hbond substituents is 1. The number of amides is 4. The van der Waals surface area contributed by atoms with Gasteiger partial charge in [0.05, 0.1) is 7.11 Å². The minimum atomic E-state index is -0.280. The number of hydrogen-bond donors (Lipinski definition) is 1. The lowest BCUT2D eigenvalue weighted by Crippen LogP contribution is -2.31. The second kappa shape index (κ2) is 9.88. The van der Waals surface area contributed by atoms with E-state index in [1.807, 2.05) is 0 Å². The monoisotopic (exact) mass is 424 g/mol. The van der Waals surface area contributed by atoms with Crippen molar-refractivity contribution in [3.8, 4) is 11.5 Å². The molecule has 8 heteroatoms. The predicted molar refractivity (Wildman–Crippen MR) is 112 cm³/mol. The van der Waals surface area contributed by atoms with Gasteiger partial charge < -0.3 is 9.84 Å². The van der Waals surface area contributed by atoms with Gasteiger partial charge in [0.2, 0.25) is 11.8 Å². The van der Waals surface area contributed by atoms with Crippen LogP contribution < -0.4 is 4.74 Å². The molecule has 0 aromatic heterocycles. The summed E-state index contributed by atoms with van der Waals surface area (Å²) in [5.74, 6) is 0.111. The number of rotatable bonds is 3. The molecule has 162 valence electrons. The van der Waals surface area contributed by atoms with Gasteiger partial charge in [0.25, 0.3) is 11.8 Å². The van der Waals surface area contributed by atoms with E-state index < -0.39 is 0 Å². The number of carbonyl (C=O) groups excluding carboxylic acids is 4. The van der Waals surface area contributed by atoms with E-state index in [1.54, 1.807) is 31.4 Å². The number of phenols is 1. The molecule has 2 saturated heterocycles. The first-order valence-corrected chi connectivity index (χ1v) is 10.0. The number of imide groups is 2. The highest BCUT2D eigenvalue weighted by molar-refractivity contribution is 6.06. The van der Waals surface area contributed by atoms with E-state index in [0.29, 0.717) is 42.8 Å². The van der Waals surface area contributed by atoms with Crippen molar-refractivity contribution < 1.29 is 29.0 Å². The largest absolute Gasteiger partial charge is 0.508 e. The first-order valence-electron chi connectivity index (χ1n) is 10.0. The molecule has 4 rings (SSSR count). The molecular weight excluding hydrogens is 400 g/mol. The normalized spacial score (nSPS) is 15.5. The van der Waals surface area contributed by atoms with E-state index in [1.165, 1.54) is 34.1 Å². The second-order valence-corrected chi connectivity index (χ2v) is 7.18. The Labute approximate surface area is 180 Å². The van der Waals surface area contributed by atoms with Crippen LogP contribution in [0.5, 0.6) is 11.5 Å². The summed E-state index contributed by atoms with van der Waals surface area (Å²) < 4.78 is 5.00. The highest BCUT2D eigenvalue weighted by Gasteiger charge is 2.28. The number of nitrogens with zero attached hydrogens (tertiary/aromatic N) is 2. The molecular formula is C23H24N2O6. The molecule has 2 aliphatic heterocycles. The van der Waals surface area contributed by atoms with Crippen molar-refractivity contribution >= 4 is 23.6 Å². The molecule has 2 aromatic rings. The summed E-state index contributed by atoms with van der Waals surface area (Å²) in [6.45, 7) is 1.03. The number of likely N-dealkylation sites (tertiary alicyclic amines) is 2. The third kappa shape index (κ3) is 5.28. The summed E-state index contributed by atoms with van der Waals surface area (Å²) in [6, 6.07) is 12.7. The highest BCUT2D eigenvalue weighted by Crippen LogP contribution is 2.18. The van der Waals surface area contributed by atoms with E-state index >= 15 is 0 Å². The van der Waals surface area contributed by atoms with E-state index in [4.69, 9.17) is 9.84 Å². The zero-order valence-electron chi connectivity index (χ0n) is 17.2. The standard InChI is InChI=1S/C12H13NO3.C11H11NO3/c1-16-10-6-4-9(5-7-10)12(15)13-8-2-3-11(13)14;13-9-5-3-8(4-6-9)11(15)12-7-1-2-10(12)14/h4-7H,2-3,8H2,1H3;3-6,13H,1-2,7H2. The van der Waals surface area contributed by atoms with E-state index in [9.17, 15) is 19.2 Å². The number of carbonyl (C=O) groups is 4. The Balaban J connectivity index is 0.000000176. The van der Waals surface area contributed by atoms with Crippen molar-refractivity contribution in [3.05, 3.63) is 59.7 Å². The summed E-state index contributed by atoms with van der Waals surface area (Å²) in [7, 11) is 1.57. The number of hydrogen-bond acceptors (Lipinski definition) is 6. The minimum absolute atomic E-state index is 0.0826. The second-order valence-electron chi connectivity index (χ2n) is 7.18. The molecule has 4 amide bonds. The van der Waals surface area contributed by atoms with Gasteiger partial charge in [-0.1, -0.05) is 0 Å². The highest BCUT2D eigenvalue weighted by atomic mass is 16.5. The van der Waals surface area contributed by atoms with E-state index in [0.717, 1.165) is 12.8 Å². The van der Waals surface area contributed by atoms with Crippen LogP contribution in [0.2, 0.25) is 0 Å². The van der Waals surface area contributed by atoms with Gasteiger partial charge in [0.1, 0.15) is 11.5 Å². The maximum absolute atomic E-state index is 11.9. The van der Waals surface area contributed by atoms with Gasteiger partial charge in [0.15, 0.2) is 0 Å². The van der Waals surface area contributed by atoms with Gasteiger partial charge in [-0.3, -0.25) is 29.0 Å². The van der Waals surface area contributed by atoms with Crippen LogP contribution >= 0.6 is 0 Å². The van der Waals surface area contributed by atoms with Gasteiger partial charge in [-0.15, -0.1) is 0 Å². The topological polar surface area (TPSA) is 104 Å². The third-order valence-corrected chi connectivity index (χ3v) is 5.09. The zero-order chi connectivity index (χ0) is 22.4. The number of methoxy groups -OCH3 is 1. The third-order valence-electron chi connectivity index (χ3n) is 5.09. The summed E-state index contributed by atoms with van der Waals surface area (Å²) in [6.07, 6.45) is 2.43. The summed E-state index contributed by atoms with van der Waals surface area (Å²) in [5.41, 5.74) is 0.958. The Morgan fingerprint density at radius 3 is 1.55 bits per heavy atom. The van der Waals surface area contributed by atoms with Crippen molar-refractivity contribution in [2.75, 3.05) is 20.2 Å². The smallest absolute Gasteiger partial charge is 0.260 e. The molecule has 0 saturated carbocycles. The van der Waals surface area contributed by atoms with Crippen LogP contribution in [0.4, 0.5) is 0 Å². The van der Waals surface area contributed by atoms with Crippen LogP contribution in [0.15, 0.2) is 48.5 Å². The number of ether oxygens (including phenoxy) is 1. The Kier molecular flexibility index (Phi) is 7.02. The predicted octanol–water partition coefficient (Wildman–Crippen LogP) is 2.61. The maximum atomic E-state index is 11.9.